The quantitative estimate of drug-likeness (QED) is 0.162. The van der Waals surface area contributed by atoms with Crippen molar-refractivity contribution in [2.24, 2.45) is 0 Å². The molecule has 5 nitrogen and oxygen atoms in total. The number of fused-ring (bicyclic) bond motifs is 1. The van der Waals surface area contributed by atoms with Crippen LogP contribution in [0.3, 0.4) is 0 Å². The topological polar surface area (TPSA) is 54.0 Å². The van der Waals surface area contributed by atoms with Gasteiger partial charge in [0.2, 0.25) is 0 Å². The van der Waals surface area contributed by atoms with Crippen LogP contribution < -0.4 is 19.8 Å². The number of hydrogen-bond acceptors (Lipinski definition) is 5. The average Bonchev–Trinajstić information content (AvgIpc) is 3.00. The van der Waals surface area contributed by atoms with Crippen LogP contribution in [-0.2, 0) is 22.4 Å². The number of rotatable bonds is 10. The van der Waals surface area contributed by atoms with Crippen LogP contribution in [0.15, 0.2) is 103 Å². The van der Waals surface area contributed by atoms with Gasteiger partial charge in [0.25, 0.3) is 8.32 Å². The zero-order chi connectivity index (χ0) is 28.9. The third-order valence-electron chi connectivity index (χ3n) is 7.53. The van der Waals surface area contributed by atoms with Crippen molar-refractivity contribution in [2.75, 3.05) is 13.7 Å². The Balaban J connectivity index is 1.48. The highest BCUT2D eigenvalue weighted by molar-refractivity contribution is 6.99. The molecular weight excluding hydrogens is 528 g/mol. The van der Waals surface area contributed by atoms with E-state index in [0.717, 1.165) is 23.0 Å². The van der Waals surface area contributed by atoms with Gasteiger partial charge in [-0.05, 0) is 38.7 Å². The fourth-order valence-corrected chi connectivity index (χ4v) is 10.1. The fraction of sp³-hybridized carbons (Fsp3) is 0.229. The first kappa shape index (κ1) is 28.4. The molecule has 0 saturated carbocycles. The molecule has 1 aliphatic heterocycles. The lowest BCUT2D eigenvalue weighted by atomic mass is 9.99. The van der Waals surface area contributed by atoms with Gasteiger partial charge in [0.15, 0.2) is 17.8 Å². The number of carbonyl (C=O) groups excluding carboxylic acids is 1. The maximum Gasteiger partial charge on any atom is 0.261 e. The molecule has 5 rings (SSSR count). The van der Waals surface area contributed by atoms with Crippen molar-refractivity contribution in [1.82, 2.24) is 0 Å². The van der Waals surface area contributed by atoms with Crippen molar-refractivity contribution in [3.8, 4) is 11.5 Å². The first-order chi connectivity index (χ1) is 19.9. The Morgan fingerprint density at radius 3 is 1.95 bits per heavy atom. The molecule has 0 radical (unpaired) electrons. The van der Waals surface area contributed by atoms with Crippen molar-refractivity contribution in [1.29, 1.82) is 0 Å². The molecule has 0 atom stereocenters. The maximum atomic E-state index is 12.1. The first-order valence-electron chi connectivity index (χ1n) is 13.8. The van der Waals surface area contributed by atoms with Gasteiger partial charge in [-0.3, -0.25) is 4.79 Å². The van der Waals surface area contributed by atoms with Gasteiger partial charge in [-0.15, -0.1) is 0 Å². The summed E-state index contributed by atoms with van der Waals surface area (Å²) in [6.45, 7) is 7.67. The molecule has 0 N–H and O–H groups in total. The Morgan fingerprint density at radius 2 is 1.41 bits per heavy atom. The smallest absolute Gasteiger partial charge is 0.261 e. The van der Waals surface area contributed by atoms with Gasteiger partial charge >= 0.3 is 0 Å². The zero-order valence-corrected chi connectivity index (χ0v) is 25.1. The summed E-state index contributed by atoms with van der Waals surface area (Å²) < 4.78 is 25.2. The van der Waals surface area contributed by atoms with Gasteiger partial charge in [-0.2, -0.15) is 0 Å². The number of ether oxygens (including phenoxy) is 3. The van der Waals surface area contributed by atoms with Gasteiger partial charge in [-0.25, -0.2) is 0 Å². The monoisotopic (exact) mass is 564 g/mol. The Hall–Kier alpha value is -4.13. The molecule has 0 fully saturated rings. The molecular formula is C35H36O5Si. The molecule has 210 valence electrons. The Kier molecular flexibility index (Phi) is 8.43. The molecule has 0 unspecified atom stereocenters. The summed E-state index contributed by atoms with van der Waals surface area (Å²) in [5.74, 6) is 1.65. The lowest BCUT2D eigenvalue weighted by molar-refractivity contribution is 0.111. The zero-order valence-electron chi connectivity index (χ0n) is 24.1. The van der Waals surface area contributed by atoms with Gasteiger partial charge in [0.05, 0.1) is 19.3 Å². The van der Waals surface area contributed by atoms with Gasteiger partial charge in [0, 0.05) is 5.56 Å². The summed E-state index contributed by atoms with van der Waals surface area (Å²) in [4.78, 5) is 12.1. The van der Waals surface area contributed by atoms with Crippen LogP contribution in [0.25, 0.3) is 6.08 Å². The van der Waals surface area contributed by atoms with E-state index in [0.29, 0.717) is 36.0 Å². The molecule has 6 heteroatoms. The van der Waals surface area contributed by atoms with E-state index in [9.17, 15) is 4.79 Å². The SMILES string of the molecule is COc1c2c(cc(C=O)c1OCc1ccccc1)C=C(CO[Si](c1ccccc1)(c1ccccc1)C(C)(C)C)OC2. The van der Waals surface area contributed by atoms with Gasteiger partial charge in [-0.1, -0.05) is 112 Å². The fourth-order valence-electron chi connectivity index (χ4n) is 5.58. The third-order valence-corrected chi connectivity index (χ3v) is 12.5. The van der Waals surface area contributed by atoms with Crippen LogP contribution in [0.2, 0.25) is 5.04 Å². The van der Waals surface area contributed by atoms with Gasteiger partial charge in [0.1, 0.15) is 19.0 Å². The lowest BCUT2D eigenvalue weighted by Crippen LogP contribution is -2.66. The summed E-state index contributed by atoms with van der Waals surface area (Å²) in [6, 6.07) is 32.8. The van der Waals surface area contributed by atoms with E-state index < -0.39 is 8.32 Å². The minimum atomic E-state index is -2.73. The maximum absolute atomic E-state index is 12.1. The Morgan fingerprint density at radius 1 is 0.829 bits per heavy atom. The van der Waals surface area contributed by atoms with Crippen LogP contribution >= 0.6 is 0 Å². The molecule has 1 aliphatic rings. The van der Waals surface area contributed by atoms with Crippen LogP contribution in [0.4, 0.5) is 0 Å². The highest BCUT2D eigenvalue weighted by Crippen LogP contribution is 2.41. The summed E-state index contributed by atoms with van der Waals surface area (Å²) in [5.41, 5.74) is 3.14. The van der Waals surface area contributed by atoms with Crippen LogP contribution in [0.1, 0.15) is 47.8 Å². The van der Waals surface area contributed by atoms with E-state index in [1.807, 2.05) is 54.6 Å². The van der Waals surface area contributed by atoms with E-state index in [4.69, 9.17) is 18.6 Å². The van der Waals surface area contributed by atoms with E-state index in [2.05, 4.69) is 69.3 Å². The molecule has 0 spiro atoms. The first-order valence-corrected chi connectivity index (χ1v) is 15.7. The second-order valence-electron chi connectivity index (χ2n) is 11.1. The van der Waals surface area contributed by atoms with Crippen LogP contribution in [0.5, 0.6) is 11.5 Å². The van der Waals surface area contributed by atoms with E-state index >= 15 is 0 Å². The van der Waals surface area contributed by atoms with Crippen LogP contribution in [0, 0.1) is 0 Å². The number of aldehydes is 1. The van der Waals surface area contributed by atoms with Crippen molar-refractivity contribution < 1.29 is 23.4 Å². The Bertz CT molecular complexity index is 1470. The standard InChI is InChI=1S/C35H36O5Si/c1-35(2,3)41(30-16-10-6-11-17-30,31-18-12-7-13-19-31)40-24-29-21-27-20-28(22-36)33(34(37-4)32(27)25-38-29)39-23-26-14-8-5-9-15-26/h5-22H,23-25H2,1-4H3. The van der Waals surface area contributed by atoms with Crippen LogP contribution in [-0.4, -0.2) is 28.3 Å². The number of carbonyl (C=O) groups is 1. The molecule has 0 bridgehead atoms. The summed E-state index contributed by atoms with van der Waals surface area (Å²) in [6.07, 6.45) is 2.76. The summed E-state index contributed by atoms with van der Waals surface area (Å²) in [5, 5.41) is 2.27. The lowest BCUT2D eigenvalue weighted by Gasteiger charge is -2.43. The van der Waals surface area contributed by atoms with E-state index in [1.54, 1.807) is 7.11 Å². The predicted molar refractivity (Wildman–Crippen MR) is 165 cm³/mol. The molecule has 0 aliphatic carbocycles. The number of hydrogen-bond donors (Lipinski definition) is 0. The second kappa shape index (κ2) is 12.2. The molecule has 41 heavy (non-hydrogen) atoms. The van der Waals surface area contributed by atoms with E-state index in [-0.39, 0.29) is 11.6 Å². The number of benzene rings is 4. The third kappa shape index (κ3) is 5.71. The normalized spacial score (nSPS) is 13.0. The molecule has 4 aromatic rings. The highest BCUT2D eigenvalue weighted by atomic mass is 28.4. The molecule has 4 aromatic carbocycles. The molecule has 1 heterocycles. The molecule has 0 amide bonds. The van der Waals surface area contributed by atoms with Crippen molar-refractivity contribution in [3.05, 3.63) is 125 Å². The van der Waals surface area contributed by atoms with E-state index in [1.165, 1.54) is 10.4 Å². The second-order valence-corrected chi connectivity index (χ2v) is 15.4. The van der Waals surface area contributed by atoms with Crippen molar-refractivity contribution >= 4 is 31.1 Å². The largest absolute Gasteiger partial charge is 0.492 e. The highest BCUT2D eigenvalue weighted by Gasteiger charge is 2.50. The predicted octanol–water partition coefficient (Wildman–Crippen LogP) is 6.53. The summed E-state index contributed by atoms with van der Waals surface area (Å²) >= 11 is 0. The minimum absolute atomic E-state index is 0.151. The molecule has 0 saturated heterocycles. The average molecular weight is 565 g/mol. The molecule has 0 aromatic heterocycles. The Labute approximate surface area is 243 Å². The van der Waals surface area contributed by atoms with Crippen molar-refractivity contribution in [2.45, 2.75) is 39.0 Å². The summed E-state index contributed by atoms with van der Waals surface area (Å²) in [7, 11) is -1.15. The van der Waals surface area contributed by atoms with Crippen molar-refractivity contribution in [3.63, 3.8) is 0 Å². The van der Waals surface area contributed by atoms with Gasteiger partial charge < -0.3 is 18.6 Å². The minimum Gasteiger partial charge on any atom is -0.492 e. The number of methoxy groups -OCH3 is 1.